The number of amides is 1. The largest absolute Gasteiger partial charge is 0.478 e. The molecular formula is C20H28N2O4. The molecule has 2 saturated heterocycles. The molecule has 0 aromatic heterocycles. The number of hydrazine groups is 1. The van der Waals surface area contributed by atoms with Gasteiger partial charge >= 0.3 is 5.97 Å². The molecule has 0 saturated carbocycles. The molecule has 3 N–H and O–H groups in total. The van der Waals surface area contributed by atoms with Gasteiger partial charge in [0.25, 0.3) is 0 Å². The van der Waals surface area contributed by atoms with Crippen LogP contribution in [0.1, 0.15) is 54.9 Å². The summed E-state index contributed by atoms with van der Waals surface area (Å²) in [6.07, 6.45) is 6.02. The lowest BCUT2D eigenvalue weighted by molar-refractivity contribution is -0.122. The minimum Gasteiger partial charge on any atom is -0.478 e. The number of hydrogen-bond donors (Lipinski definition) is 3. The molecule has 1 amide bonds. The second-order valence-corrected chi connectivity index (χ2v) is 7.36. The summed E-state index contributed by atoms with van der Waals surface area (Å²) in [4.78, 5) is 22.7. The maximum atomic E-state index is 11.7. The Labute approximate surface area is 154 Å². The van der Waals surface area contributed by atoms with Crippen LogP contribution in [0.2, 0.25) is 0 Å². The Hall–Kier alpha value is -1.92. The fraction of sp³-hybridized carbons (Fsp3) is 0.600. The van der Waals surface area contributed by atoms with Crippen LogP contribution in [0.4, 0.5) is 0 Å². The molecule has 0 radical (unpaired) electrons. The lowest BCUT2D eigenvalue weighted by Gasteiger charge is -2.28. The van der Waals surface area contributed by atoms with Gasteiger partial charge in [-0.25, -0.2) is 10.2 Å². The van der Waals surface area contributed by atoms with Crippen molar-refractivity contribution in [2.24, 2.45) is 11.8 Å². The van der Waals surface area contributed by atoms with Crippen molar-refractivity contribution in [3.8, 4) is 0 Å². The zero-order valence-corrected chi connectivity index (χ0v) is 15.2. The van der Waals surface area contributed by atoms with Crippen LogP contribution in [0.5, 0.6) is 0 Å². The van der Waals surface area contributed by atoms with Crippen LogP contribution in [0.3, 0.4) is 0 Å². The van der Waals surface area contributed by atoms with Crippen LogP contribution < -0.4 is 10.9 Å². The van der Waals surface area contributed by atoms with Gasteiger partial charge in [-0.1, -0.05) is 25.5 Å². The van der Waals surface area contributed by atoms with Gasteiger partial charge in [0.2, 0.25) is 5.91 Å². The summed E-state index contributed by atoms with van der Waals surface area (Å²) in [5.41, 5.74) is 7.35. The van der Waals surface area contributed by atoms with E-state index in [-0.39, 0.29) is 18.1 Å². The summed E-state index contributed by atoms with van der Waals surface area (Å²) in [5.74, 6) is -0.110. The van der Waals surface area contributed by atoms with Gasteiger partial charge in [0.15, 0.2) is 0 Å². The highest BCUT2D eigenvalue weighted by atomic mass is 16.5. The summed E-state index contributed by atoms with van der Waals surface area (Å²) >= 11 is 0. The smallest absolute Gasteiger partial charge is 0.335 e. The topological polar surface area (TPSA) is 87.7 Å². The van der Waals surface area contributed by atoms with Gasteiger partial charge in [-0.05, 0) is 49.3 Å². The van der Waals surface area contributed by atoms with Gasteiger partial charge in [0, 0.05) is 18.9 Å². The van der Waals surface area contributed by atoms with Crippen LogP contribution in [0.25, 0.3) is 0 Å². The van der Waals surface area contributed by atoms with E-state index < -0.39 is 5.97 Å². The minimum atomic E-state index is -0.902. The van der Waals surface area contributed by atoms with Crippen molar-refractivity contribution < 1.29 is 19.4 Å². The second-order valence-electron chi connectivity index (χ2n) is 7.36. The summed E-state index contributed by atoms with van der Waals surface area (Å²) < 4.78 is 6.11. The lowest BCUT2D eigenvalue weighted by atomic mass is 9.76. The molecule has 1 aromatic carbocycles. The van der Waals surface area contributed by atoms with Crippen molar-refractivity contribution in [1.29, 1.82) is 0 Å². The number of carboxylic acid groups (broad SMARTS) is 1. The van der Waals surface area contributed by atoms with E-state index in [1.54, 1.807) is 12.1 Å². The third-order valence-corrected chi connectivity index (χ3v) is 5.59. The van der Waals surface area contributed by atoms with Gasteiger partial charge in [-0.2, -0.15) is 0 Å². The van der Waals surface area contributed by atoms with Crippen molar-refractivity contribution in [2.75, 3.05) is 6.54 Å². The standard InChI is InChI=1S/C20H28N2O4/c1-2-3-4-19(23)22-21-12-16-15(17-9-10-18(16)26-17)11-13-5-7-14(8-6-13)20(24)25/h5-8,15-18,21H,2-4,9-12H2,1H3,(H,22,23)(H,24,25). The second kappa shape index (κ2) is 8.64. The van der Waals surface area contributed by atoms with Crippen molar-refractivity contribution in [3.05, 3.63) is 35.4 Å². The minimum absolute atomic E-state index is 0.0386. The molecule has 6 heteroatoms. The number of hydrogen-bond acceptors (Lipinski definition) is 4. The van der Waals surface area contributed by atoms with Gasteiger partial charge in [0.05, 0.1) is 17.8 Å². The molecule has 2 aliphatic rings. The first kappa shape index (κ1) is 18.9. The molecule has 6 nitrogen and oxygen atoms in total. The Morgan fingerprint density at radius 3 is 2.50 bits per heavy atom. The van der Waals surface area contributed by atoms with Crippen molar-refractivity contribution >= 4 is 11.9 Å². The maximum Gasteiger partial charge on any atom is 0.335 e. The average molecular weight is 360 g/mol. The molecule has 3 rings (SSSR count). The zero-order chi connectivity index (χ0) is 18.5. The molecule has 2 aliphatic heterocycles. The number of carboxylic acids is 1. The van der Waals surface area contributed by atoms with E-state index in [0.29, 0.717) is 30.4 Å². The predicted octanol–water partition coefficient (Wildman–Crippen LogP) is 2.53. The first-order chi connectivity index (χ1) is 12.6. The first-order valence-electron chi connectivity index (χ1n) is 9.58. The summed E-state index contributed by atoms with van der Waals surface area (Å²) in [6, 6.07) is 7.11. The van der Waals surface area contributed by atoms with E-state index in [9.17, 15) is 9.59 Å². The van der Waals surface area contributed by atoms with Gasteiger partial charge < -0.3 is 9.84 Å². The van der Waals surface area contributed by atoms with Gasteiger partial charge in [0.1, 0.15) is 0 Å². The van der Waals surface area contributed by atoms with Crippen LogP contribution in [0, 0.1) is 11.8 Å². The number of unbranched alkanes of at least 4 members (excludes halogenated alkanes) is 1. The van der Waals surface area contributed by atoms with Crippen LogP contribution in [0.15, 0.2) is 24.3 Å². The number of carbonyl (C=O) groups excluding carboxylic acids is 1. The number of aromatic carboxylic acids is 1. The first-order valence-corrected chi connectivity index (χ1v) is 9.58. The molecule has 0 spiro atoms. The monoisotopic (exact) mass is 360 g/mol. The number of rotatable bonds is 9. The van der Waals surface area contributed by atoms with Crippen LogP contribution in [-0.2, 0) is 16.0 Å². The SMILES string of the molecule is CCCCC(=O)NNCC1C2CCC(O2)C1Cc1ccc(C(=O)O)cc1. The number of ether oxygens (including phenoxy) is 1. The van der Waals surface area contributed by atoms with Gasteiger partial charge in [-0.3, -0.25) is 10.2 Å². The molecule has 2 fully saturated rings. The molecule has 1 aromatic rings. The predicted molar refractivity (Wildman–Crippen MR) is 97.7 cm³/mol. The van der Waals surface area contributed by atoms with E-state index in [2.05, 4.69) is 17.8 Å². The third-order valence-electron chi connectivity index (χ3n) is 5.59. The third kappa shape index (κ3) is 4.43. The van der Waals surface area contributed by atoms with Crippen molar-refractivity contribution in [2.45, 2.75) is 57.7 Å². The molecule has 142 valence electrons. The molecule has 0 aliphatic carbocycles. The van der Waals surface area contributed by atoms with E-state index in [0.717, 1.165) is 37.7 Å². The number of carbonyl (C=O) groups is 2. The maximum absolute atomic E-state index is 11.7. The molecule has 2 bridgehead atoms. The van der Waals surface area contributed by atoms with Crippen LogP contribution >= 0.6 is 0 Å². The Kier molecular flexibility index (Phi) is 6.27. The number of fused-ring (bicyclic) bond motifs is 2. The number of nitrogens with one attached hydrogen (secondary N) is 2. The Morgan fingerprint density at radius 1 is 1.15 bits per heavy atom. The highest BCUT2D eigenvalue weighted by molar-refractivity contribution is 5.87. The molecule has 4 atom stereocenters. The zero-order valence-electron chi connectivity index (χ0n) is 15.2. The Balaban J connectivity index is 1.55. The Bertz CT molecular complexity index is 631. The van der Waals surface area contributed by atoms with E-state index in [1.807, 2.05) is 12.1 Å². The Morgan fingerprint density at radius 2 is 1.85 bits per heavy atom. The fourth-order valence-corrected chi connectivity index (χ4v) is 4.16. The summed E-state index contributed by atoms with van der Waals surface area (Å²) in [7, 11) is 0. The van der Waals surface area contributed by atoms with E-state index in [4.69, 9.17) is 9.84 Å². The number of benzene rings is 1. The van der Waals surface area contributed by atoms with Crippen LogP contribution in [-0.4, -0.2) is 35.7 Å². The highest BCUT2D eigenvalue weighted by Crippen LogP contribution is 2.44. The molecular weight excluding hydrogens is 332 g/mol. The van der Waals surface area contributed by atoms with E-state index >= 15 is 0 Å². The molecule has 2 heterocycles. The van der Waals surface area contributed by atoms with Crippen molar-refractivity contribution in [3.63, 3.8) is 0 Å². The molecule has 4 unspecified atom stereocenters. The van der Waals surface area contributed by atoms with Crippen molar-refractivity contribution in [1.82, 2.24) is 10.9 Å². The lowest BCUT2D eigenvalue weighted by Crippen LogP contribution is -2.44. The summed E-state index contributed by atoms with van der Waals surface area (Å²) in [6.45, 7) is 2.78. The average Bonchev–Trinajstić information content (AvgIpc) is 3.23. The fourth-order valence-electron chi connectivity index (χ4n) is 4.16. The molecule has 26 heavy (non-hydrogen) atoms. The quantitative estimate of drug-likeness (QED) is 0.589. The van der Waals surface area contributed by atoms with Gasteiger partial charge in [-0.15, -0.1) is 0 Å². The van der Waals surface area contributed by atoms with E-state index in [1.165, 1.54) is 0 Å². The summed E-state index contributed by atoms with van der Waals surface area (Å²) in [5, 5.41) is 9.02. The normalized spacial score (nSPS) is 26.8. The highest BCUT2D eigenvalue weighted by Gasteiger charge is 2.48.